The van der Waals surface area contributed by atoms with E-state index in [1.54, 1.807) is 38.1 Å². The summed E-state index contributed by atoms with van der Waals surface area (Å²) < 4.78 is 17.4. The Kier molecular flexibility index (Phi) is 15.0. The molecule has 0 aliphatic carbocycles. The summed E-state index contributed by atoms with van der Waals surface area (Å²) in [6.07, 6.45) is -1.06. The Hall–Kier alpha value is -1.86. The molecular formula is C20H32LiN4O7P. The molecule has 0 spiro atoms. The van der Waals surface area contributed by atoms with Crippen LogP contribution in [0.25, 0.3) is 0 Å². The molecule has 1 unspecified atom stereocenters. The average Bonchev–Trinajstić information content (AvgIpc) is 2.73. The Labute approximate surface area is 205 Å². The van der Waals surface area contributed by atoms with Gasteiger partial charge in [-0.2, -0.15) is 0 Å². The van der Waals surface area contributed by atoms with Crippen LogP contribution in [-0.4, -0.2) is 48.0 Å². The molecule has 0 aliphatic heterocycles. The van der Waals surface area contributed by atoms with Crippen LogP contribution < -0.4 is 45.2 Å². The maximum atomic E-state index is 12.6. The Morgan fingerprint density at radius 3 is 2.36 bits per heavy atom. The van der Waals surface area contributed by atoms with Gasteiger partial charge in [0.05, 0.1) is 19.8 Å². The van der Waals surface area contributed by atoms with E-state index in [1.807, 2.05) is 6.07 Å². The fourth-order valence-corrected chi connectivity index (χ4v) is 3.89. The predicted octanol–water partition coefficient (Wildman–Crippen LogP) is -2.26. The number of carbonyl (C=O) groups excluding carboxylic acids is 2. The van der Waals surface area contributed by atoms with Crippen LogP contribution in [0, 0.1) is 5.92 Å². The summed E-state index contributed by atoms with van der Waals surface area (Å²) in [5, 5.41) is 16.0. The van der Waals surface area contributed by atoms with Gasteiger partial charge in [0.2, 0.25) is 5.91 Å². The molecule has 0 radical (unpaired) electrons. The number of nitrogens with two attached hydrogens (primary N) is 1. The number of benzene rings is 1. The molecular weight excluding hydrogens is 446 g/mol. The van der Waals surface area contributed by atoms with Crippen LogP contribution >= 0.6 is 7.52 Å². The largest absolute Gasteiger partial charge is 1.00 e. The maximum Gasteiger partial charge on any atom is 1.00 e. The summed E-state index contributed by atoms with van der Waals surface area (Å²) in [6, 6.07) is 6.48. The van der Waals surface area contributed by atoms with Crippen molar-refractivity contribution in [3.05, 3.63) is 35.9 Å². The van der Waals surface area contributed by atoms with Gasteiger partial charge in [0.1, 0.15) is 12.6 Å². The fourth-order valence-electron chi connectivity index (χ4n) is 2.77. The first kappa shape index (κ1) is 31.1. The van der Waals surface area contributed by atoms with Gasteiger partial charge >= 0.3 is 30.9 Å². The number of amides is 2. The Balaban J connectivity index is 0.0000102. The van der Waals surface area contributed by atoms with Crippen molar-refractivity contribution in [2.24, 2.45) is 11.7 Å². The Morgan fingerprint density at radius 1 is 1.18 bits per heavy atom. The minimum absolute atomic E-state index is 0. The number of rotatable bonds is 14. The van der Waals surface area contributed by atoms with Gasteiger partial charge in [0, 0.05) is 0 Å². The summed E-state index contributed by atoms with van der Waals surface area (Å²) >= 11 is 0. The van der Waals surface area contributed by atoms with Crippen molar-refractivity contribution in [3.63, 3.8) is 0 Å². The standard InChI is InChI=1S/C20H33N4O7P.Li/c1-14(2)11-17(18(25)23-16(19(26)27)9-6-10-21)24-32(29,30)13-22-20(28)31-12-15-7-4-3-5-8-15;/h3-5,7-8,14,16-17H,6,9-13,21H2,1-2H3,(H,22,28)(H,23,25)(H,26,27)(H2,24,29,30);/q;+1/p-1/t16-,17-;/m0./s1. The molecule has 1 rings (SSSR count). The molecule has 0 saturated heterocycles. The molecule has 33 heavy (non-hydrogen) atoms. The van der Waals surface area contributed by atoms with Crippen molar-refractivity contribution >= 4 is 25.5 Å². The number of carboxylic acids is 1. The molecule has 11 nitrogen and oxygen atoms in total. The van der Waals surface area contributed by atoms with E-state index in [0.29, 0.717) is 6.42 Å². The molecule has 0 bridgehead atoms. The zero-order valence-electron chi connectivity index (χ0n) is 19.3. The third kappa shape index (κ3) is 13.4. The van der Waals surface area contributed by atoms with Gasteiger partial charge in [-0.25, -0.2) is 9.59 Å². The monoisotopic (exact) mass is 478 g/mol. The zero-order valence-corrected chi connectivity index (χ0v) is 20.2. The third-order valence-corrected chi connectivity index (χ3v) is 5.61. The van der Waals surface area contributed by atoms with Crippen LogP contribution in [0.5, 0.6) is 0 Å². The van der Waals surface area contributed by atoms with E-state index in [0.717, 1.165) is 5.56 Å². The van der Waals surface area contributed by atoms with E-state index in [9.17, 15) is 28.9 Å². The topological polar surface area (TPSA) is 183 Å². The smallest absolute Gasteiger partial charge is 0.787 e. The van der Waals surface area contributed by atoms with E-state index in [4.69, 9.17) is 10.5 Å². The normalized spacial score (nSPS) is 14.3. The SMILES string of the molecule is CC(C)C[C@H](NP(=O)([O-])CNC(=O)OCc1ccccc1)C(=O)N[C@@H](CCCN)C(=O)O.[Li+]. The molecule has 1 aromatic rings. The van der Waals surface area contributed by atoms with Crippen molar-refractivity contribution in [1.82, 2.24) is 15.7 Å². The van der Waals surface area contributed by atoms with Crippen molar-refractivity contribution in [3.8, 4) is 0 Å². The molecule has 180 valence electrons. The molecule has 13 heteroatoms. The molecule has 3 atom stereocenters. The summed E-state index contributed by atoms with van der Waals surface area (Å²) in [5.41, 5.74) is 6.13. The predicted molar refractivity (Wildman–Crippen MR) is 116 cm³/mol. The van der Waals surface area contributed by atoms with Crippen LogP contribution in [0.15, 0.2) is 30.3 Å². The number of alkyl carbamates (subject to hydrolysis) is 1. The maximum absolute atomic E-state index is 12.6. The number of nitrogens with one attached hydrogen (secondary N) is 3. The molecule has 0 aromatic heterocycles. The van der Waals surface area contributed by atoms with Gasteiger partial charge in [-0.1, -0.05) is 44.2 Å². The van der Waals surface area contributed by atoms with Gasteiger partial charge in [0.15, 0.2) is 0 Å². The van der Waals surface area contributed by atoms with Gasteiger partial charge < -0.3 is 35.7 Å². The Morgan fingerprint density at radius 2 is 1.82 bits per heavy atom. The first-order valence-electron chi connectivity index (χ1n) is 10.3. The van der Waals surface area contributed by atoms with E-state index < -0.39 is 43.9 Å². The van der Waals surface area contributed by atoms with E-state index in [1.165, 1.54) is 0 Å². The van der Waals surface area contributed by atoms with E-state index in [2.05, 4.69) is 15.7 Å². The van der Waals surface area contributed by atoms with Crippen LogP contribution in [-0.2, 0) is 25.5 Å². The molecule has 0 aliphatic rings. The number of ether oxygens (including phenoxy) is 1. The second-order valence-corrected chi connectivity index (χ2v) is 9.63. The van der Waals surface area contributed by atoms with Gasteiger partial charge in [0.25, 0.3) is 0 Å². The first-order chi connectivity index (χ1) is 15.0. The number of aliphatic carboxylic acids is 1. The van der Waals surface area contributed by atoms with Crippen molar-refractivity contribution in [2.45, 2.75) is 51.8 Å². The fraction of sp³-hybridized carbons (Fsp3) is 0.550. The average molecular weight is 478 g/mol. The number of carbonyl (C=O) groups is 3. The minimum Gasteiger partial charge on any atom is -0.787 e. The van der Waals surface area contributed by atoms with Gasteiger partial charge in [-0.15, -0.1) is 0 Å². The number of carboxylic acid groups (broad SMARTS) is 1. The van der Waals surface area contributed by atoms with E-state index in [-0.39, 0.29) is 50.8 Å². The summed E-state index contributed by atoms with van der Waals surface area (Å²) in [6.45, 7) is 3.82. The number of hydrogen-bond donors (Lipinski definition) is 5. The van der Waals surface area contributed by atoms with Crippen molar-refractivity contribution < 1.29 is 52.5 Å². The van der Waals surface area contributed by atoms with E-state index >= 15 is 0 Å². The second-order valence-electron chi connectivity index (χ2n) is 7.71. The summed E-state index contributed by atoms with van der Waals surface area (Å²) in [4.78, 5) is 48.2. The van der Waals surface area contributed by atoms with Crippen molar-refractivity contribution in [1.29, 1.82) is 0 Å². The van der Waals surface area contributed by atoms with Crippen LogP contribution in [0.1, 0.15) is 38.7 Å². The second kappa shape index (κ2) is 15.9. The molecule has 6 N–H and O–H groups in total. The van der Waals surface area contributed by atoms with Gasteiger partial charge in [-0.3, -0.25) is 9.88 Å². The zero-order chi connectivity index (χ0) is 24.1. The van der Waals surface area contributed by atoms with Crippen LogP contribution in [0.3, 0.4) is 0 Å². The van der Waals surface area contributed by atoms with Crippen molar-refractivity contribution in [2.75, 3.05) is 12.8 Å². The quantitative estimate of drug-likeness (QED) is 0.146. The number of hydrogen-bond acceptors (Lipinski definition) is 7. The first-order valence-corrected chi connectivity index (χ1v) is 12.1. The molecule has 0 saturated carbocycles. The molecule has 1 aromatic carbocycles. The Bertz CT molecular complexity index is 798. The van der Waals surface area contributed by atoms with Gasteiger partial charge in [-0.05, 0) is 37.3 Å². The molecule has 2 amide bonds. The van der Waals surface area contributed by atoms with Crippen LogP contribution in [0.2, 0.25) is 0 Å². The van der Waals surface area contributed by atoms with Crippen LogP contribution in [0.4, 0.5) is 4.79 Å². The summed E-state index contributed by atoms with van der Waals surface area (Å²) in [5.74, 6) is -2.05. The summed E-state index contributed by atoms with van der Waals surface area (Å²) in [7, 11) is -4.44. The minimum atomic E-state index is -4.44. The third-order valence-electron chi connectivity index (χ3n) is 4.33. The molecule has 0 heterocycles. The molecule has 0 fully saturated rings.